The predicted molar refractivity (Wildman–Crippen MR) is 93.8 cm³/mol. The van der Waals surface area contributed by atoms with Crippen molar-refractivity contribution in [2.45, 2.75) is 81.9 Å². The van der Waals surface area contributed by atoms with E-state index in [-0.39, 0.29) is 6.42 Å². The van der Waals surface area contributed by atoms with Crippen molar-refractivity contribution in [3.05, 3.63) is 0 Å². The quantitative estimate of drug-likeness (QED) is 0.366. The number of ether oxygens (including phenoxy) is 2. The molecular formula is C18H27NO9. The Morgan fingerprint density at radius 3 is 2.64 bits per heavy atom. The molecule has 0 aromatic heterocycles. The fraction of sp³-hybridized carbons (Fsp3) is 0.778. The number of aliphatic hydroxyl groups is 4. The number of imide groups is 1. The van der Waals surface area contributed by atoms with E-state index < -0.39 is 61.5 Å². The van der Waals surface area contributed by atoms with E-state index in [1.807, 2.05) is 6.92 Å². The number of hydrogen-bond acceptors (Lipinski definition) is 8. The van der Waals surface area contributed by atoms with Gasteiger partial charge >= 0.3 is 6.09 Å². The van der Waals surface area contributed by atoms with Crippen molar-refractivity contribution >= 4 is 12.0 Å². The Morgan fingerprint density at radius 2 is 2.04 bits per heavy atom. The number of amides is 2. The molecule has 2 heterocycles. The minimum absolute atomic E-state index is 0.157. The molecule has 0 bridgehead atoms. The molecule has 0 aliphatic carbocycles. The molecule has 5 N–H and O–H groups in total. The summed E-state index contributed by atoms with van der Waals surface area (Å²) in [6, 6.07) is -0.781. The second kappa shape index (κ2) is 10.2. The topological polar surface area (TPSA) is 157 Å². The van der Waals surface area contributed by atoms with Crippen LogP contribution in [0.25, 0.3) is 0 Å². The SMILES string of the molecule is CCCC(C#CC1CCCC(=O)N1C(=O)O)OC1O[C@H](CO)[C@@H](O)[C@H](O)[C@H]1O. The van der Waals surface area contributed by atoms with E-state index in [0.717, 1.165) is 0 Å². The average Bonchev–Trinajstić information content (AvgIpc) is 2.66. The minimum Gasteiger partial charge on any atom is -0.465 e. The van der Waals surface area contributed by atoms with Crippen molar-refractivity contribution in [2.75, 3.05) is 6.61 Å². The third kappa shape index (κ3) is 5.20. The smallest absolute Gasteiger partial charge is 0.415 e. The van der Waals surface area contributed by atoms with E-state index in [4.69, 9.17) is 9.47 Å². The van der Waals surface area contributed by atoms with Gasteiger partial charge in [-0.3, -0.25) is 4.79 Å². The Labute approximate surface area is 162 Å². The second-order valence-electron chi connectivity index (χ2n) is 6.85. The highest BCUT2D eigenvalue weighted by molar-refractivity contribution is 5.92. The summed E-state index contributed by atoms with van der Waals surface area (Å²) in [4.78, 5) is 23.9. The van der Waals surface area contributed by atoms with Gasteiger partial charge in [0.25, 0.3) is 0 Å². The van der Waals surface area contributed by atoms with Gasteiger partial charge in [-0.2, -0.15) is 0 Å². The van der Waals surface area contributed by atoms with Crippen molar-refractivity contribution in [2.24, 2.45) is 0 Å². The van der Waals surface area contributed by atoms with Crippen molar-refractivity contribution in [1.82, 2.24) is 4.90 Å². The minimum atomic E-state index is -1.57. The number of carboxylic acid groups (broad SMARTS) is 1. The molecule has 2 rings (SSSR count). The van der Waals surface area contributed by atoms with Gasteiger partial charge in [0.1, 0.15) is 36.6 Å². The first kappa shape index (κ1) is 22.5. The van der Waals surface area contributed by atoms with E-state index in [1.54, 1.807) is 0 Å². The Hall–Kier alpha value is -1.74. The normalized spacial score (nSPS) is 34.5. The van der Waals surface area contributed by atoms with E-state index in [0.29, 0.717) is 30.6 Å². The highest BCUT2D eigenvalue weighted by atomic mass is 16.7. The van der Waals surface area contributed by atoms with Crippen molar-refractivity contribution in [3.8, 4) is 11.8 Å². The number of carbonyl (C=O) groups excluding carboxylic acids is 1. The van der Waals surface area contributed by atoms with Gasteiger partial charge in [-0.1, -0.05) is 25.2 Å². The summed E-state index contributed by atoms with van der Waals surface area (Å²) in [6.45, 7) is 1.30. The fourth-order valence-electron chi connectivity index (χ4n) is 3.21. The van der Waals surface area contributed by atoms with Crippen molar-refractivity contribution in [3.63, 3.8) is 0 Å². The number of likely N-dealkylation sites (tertiary alicyclic amines) is 1. The van der Waals surface area contributed by atoms with Crippen LogP contribution >= 0.6 is 0 Å². The van der Waals surface area contributed by atoms with Crippen molar-refractivity contribution < 1.29 is 44.6 Å². The molecule has 2 amide bonds. The van der Waals surface area contributed by atoms with Crippen LogP contribution in [0.2, 0.25) is 0 Å². The lowest BCUT2D eigenvalue weighted by atomic mass is 9.99. The number of aliphatic hydroxyl groups excluding tert-OH is 4. The molecule has 2 saturated heterocycles. The predicted octanol–water partition coefficient (Wildman–Crippen LogP) is -0.966. The van der Waals surface area contributed by atoms with Crippen LogP contribution in [0.5, 0.6) is 0 Å². The molecule has 10 heteroatoms. The van der Waals surface area contributed by atoms with Gasteiger partial charge in [-0.05, 0) is 19.3 Å². The monoisotopic (exact) mass is 401 g/mol. The van der Waals surface area contributed by atoms with Crippen LogP contribution in [-0.2, 0) is 14.3 Å². The largest absolute Gasteiger partial charge is 0.465 e. The maximum absolute atomic E-state index is 11.8. The molecule has 158 valence electrons. The molecule has 2 fully saturated rings. The van der Waals surface area contributed by atoms with Gasteiger partial charge in [-0.25, -0.2) is 9.69 Å². The molecule has 28 heavy (non-hydrogen) atoms. The summed E-state index contributed by atoms with van der Waals surface area (Å²) in [5.41, 5.74) is 0. The summed E-state index contributed by atoms with van der Waals surface area (Å²) in [6.07, 6.45) is -6.96. The number of carbonyl (C=O) groups is 2. The van der Waals surface area contributed by atoms with Gasteiger partial charge in [0.05, 0.1) is 6.61 Å². The van der Waals surface area contributed by atoms with Crippen LogP contribution in [0.1, 0.15) is 39.0 Å². The number of hydrogen-bond donors (Lipinski definition) is 5. The Morgan fingerprint density at radius 1 is 1.32 bits per heavy atom. The molecule has 2 aliphatic heterocycles. The highest BCUT2D eigenvalue weighted by Gasteiger charge is 2.44. The number of piperidine rings is 1. The molecule has 2 aliphatic rings. The number of rotatable bonds is 5. The maximum atomic E-state index is 11.8. The fourth-order valence-corrected chi connectivity index (χ4v) is 3.21. The zero-order valence-electron chi connectivity index (χ0n) is 15.6. The van der Waals surface area contributed by atoms with Crippen molar-refractivity contribution in [1.29, 1.82) is 0 Å². The molecule has 0 radical (unpaired) electrons. The molecule has 10 nitrogen and oxygen atoms in total. The number of nitrogens with zero attached hydrogens (tertiary/aromatic N) is 1. The van der Waals surface area contributed by atoms with Gasteiger partial charge in [0, 0.05) is 6.42 Å². The van der Waals surface area contributed by atoms with Crippen LogP contribution in [0, 0.1) is 11.8 Å². The van der Waals surface area contributed by atoms with E-state index in [1.165, 1.54) is 0 Å². The van der Waals surface area contributed by atoms with Crippen LogP contribution in [0.15, 0.2) is 0 Å². The lowest BCUT2D eigenvalue weighted by Gasteiger charge is -2.40. The van der Waals surface area contributed by atoms with E-state index in [9.17, 15) is 35.1 Å². The molecule has 0 spiro atoms. The van der Waals surface area contributed by atoms with Crippen LogP contribution in [-0.4, -0.2) is 91.9 Å². The summed E-state index contributed by atoms with van der Waals surface area (Å²) < 4.78 is 10.9. The average molecular weight is 401 g/mol. The Balaban J connectivity index is 2.12. The molecule has 0 saturated carbocycles. The first-order valence-corrected chi connectivity index (χ1v) is 9.32. The lowest BCUT2D eigenvalue weighted by Crippen LogP contribution is -2.59. The van der Waals surface area contributed by atoms with E-state index in [2.05, 4.69) is 11.8 Å². The summed E-state index contributed by atoms with van der Waals surface area (Å²) >= 11 is 0. The van der Waals surface area contributed by atoms with E-state index >= 15 is 0 Å². The van der Waals surface area contributed by atoms with Gasteiger partial charge in [0.2, 0.25) is 5.91 Å². The maximum Gasteiger partial charge on any atom is 0.415 e. The third-order valence-electron chi connectivity index (χ3n) is 4.76. The molecule has 3 unspecified atom stereocenters. The molecule has 7 atom stereocenters. The van der Waals surface area contributed by atoms with Crippen LogP contribution in [0.4, 0.5) is 4.79 Å². The summed E-state index contributed by atoms with van der Waals surface area (Å²) in [7, 11) is 0. The Bertz CT molecular complexity index is 614. The molecule has 0 aromatic carbocycles. The standard InChI is InChI=1S/C18H27NO9/c1-2-4-11(8-7-10-5-3-6-13(21)19(10)18(25)26)27-17-16(24)15(23)14(22)12(9-20)28-17/h10-12,14-17,20,22-24H,2-6,9H2,1H3,(H,25,26)/t10?,11?,12-,14-,15+,16-,17?/m1/s1. The van der Waals surface area contributed by atoms with Gasteiger partial charge in [0.15, 0.2) is 6.29 Å². The summed E-state index contributed by atoms with van der Waals surface area (Å²) in [5.74, 6) is 5.06. The third-order valence-corrected chi connectivity index (χ3v) is 4.76. The second-order valence-corrected chi connectivity index (χ2v) is 6.85. The van der Waals surface area contributed by atoms with Crippen LogP contribution < -0.4 is 0 Å². The van der Waals surface area contributed by atoms with Gasteiger partial charge < -0.3 is 35.0 Å². The first-order chi connectivity index (χ1) is 13.3. The zero-order chi connectivity index (χ0) is 20.8. The zero-order valence-corrected chi connectivity index (χ0v) is 15.6. The summed E-state index contributed by atoms with van der Waals surface area (Å²) in [5, 5.41) is 48.2. The molecule has 0 aromatic rings. The first-order valence-electron chi connectivity index (χ1n) is 9.32. The Kier molecular flexibility index (Phi) is 8.18. The van der Waals surface area contributed by atoms with Gasteiger partial charge in [-0.15, -0.1) is 0 Å². The molecular weight excluding hydrogens is 374 g/mol. The lowest BCUT2D eigenvalue weighted by molar-refractivity contribution is -0.307. The van der Waals surface area contributed by atoms with Crippen LogP contribution in [0.3, 0.4) is 0 Å². The highest BCUT2D eigenvalue weighted by Crippen LogP contribution is 2.24.